The zero-order valence-corrected chi connectivity index (χ0v) is 12.2. The van der Waals surface area contributed by atoms with Crippen LogP contribution in [0.1, 0.15) is 18.4 Å². The van der Waals surface area contributed by atoms with Crippen LogP contribution in [0, 0.1) is 5.92 Å². The molecule has 3 nitrogen and oxygen atoms in total. The van der Waals surface area contributed by atoms with Gasteiger partial charge in [-0.1, -0.05) is 42.0 Å². The fourth-order valence-electron chi connectivity index (χ4n) is 2.35. The minimum Gasteiger partial charge on any atom is -0.393 e. The summed E-state index contributed by atoms with van der Waals surface area (Å²) in [6.07, 6.45) is 2.27. The van der Waals surface area contributed by atoms with E-state index in [-0.39, 0.29) is 11.8 Å². The summed E-state index contributed by atoms with van der Waals surface area (Å²) in [5, 5.41) is 0.638. The summed E-state index contributed by atoms with van der Waals surface area (Å²) in [4.78, 5) is 14.6. The molecule has 0 aromatic heterocycles. The maximum Gasteiger partial charge on any atom is 0.227 e. The number of carbonyl (C=O) groups is 1. The zero-order chi connectivity index (χ0) is 13.8. The summed E-state index contributed by atoms with van der Waals surface area (Å²) in [5.74, 6) is 0.244. The number of amides is 1. The van der Waals surface area contributed by atoms with Crippen LogP contribution in [0.3, 0.4) is 0 Å². The predicted molar refractivity (Wildman–Crippen MR) is 81.2 cm³/mol. The van der Waals surface area contributed by atoms with E-state index in [9.17, 15) is 4.79 Å². The molecule has 0 bridgehead atoms. The minimum absolute atomic E-state index is 0.0917. The van der Waals surface area contributed by atoms with Crippen LogP contribution in [-0.2, 0) is 11.2 Å². The van der Waals surface area contributed by atoms with Gasteiger partial charge in [0.05, 0.1) is 11.4 Å². The van der Waals surface area contributed by atoms with E-state index in [1.165, 1.54) is 0 Å². The van der Waals surface area contributed by atoms with Crippen molar-refractivity contribution in [3.05, 3.63) is 34.9 Å². The van der Waals surface area contributed by atoms with Crippen LogP contribution >= 0.6 is 23.8 Å². The van der Waals surface area contributed by atoms with Crippen molar-refractivity contribution in [1.82, 2.24) is 4.90 Å². The SMILES string of the molecule is NC(=S)C1CCCN(C(=O)Cc2ccccc2Cl)C1. The Labute approximate surface area is 123 Å². The number of thiocarbonyl (C=S) groups is 1. The number of piperidine rings is 1. The number of nitrogens with zero attached hydrogens (tertiary/aromatic N) is 1. The Morgan fingerprint density at radius 2 is 2.21 bits per heavy atom. The zero-order valence-electron chi connectivity index (χ0n) is 10.6. The first-order valence-corrected chi connectivity index (χ1v) is 7.17. The topological polar surface area (TPSA) is 46.3 Å². The van der Waals surface area contributed by atoms with Gasteiger partial charge in [0.25, 0.3) is 0 Å². The van der Waals surface area contributed by atoms with E-state index in [0.717, 1.165) is 24.9 Å². The van der Waals surface area contributed by atoms with Crippen molar-refractivity contribution in [3.63, 3.8) is 0 Å². The molecule has 1 aliphatic rings. The fraction of sp³-hybridized carbons (Fsp3) is 0.429. The highest BCUT2D eigenvalue weighted by atomic mass is 35.5. The van der Waals surface area contributed by atoms with Gasteiger partial charge >= 0.3 is 0 Å². The second kappa shape index (κ2) is 6.35. The number of hydrogen-bond acceptors (Lipinski definition) is 2. The second-order valence-corrected chi connectivity index (χ2v) is 5.73. The van der Waals surface area contributed by atoms with Crippen LogP contribution < -0.4 is 5.73 Å². The molecule has 2 N–H and O–H groups in total. The Morgan fingerprint density at radius 3 is 2.89 bits per heavy atom. The van der Waals surface area contributed by atoms with E-state index in [4.69, 9.17) is 29.6 Å². The molecule has 1 aromatic rings. The molecule has 1 aliphatic heterocycles. The lowest BCUT2D eigenvalue weighted by Crippen LogP contribution is -2.44. The van der Waals surface area contributed by atoms with Gasteiger partial charge in [-0.2, -0.15) is 0 Å². The Balaban J connectivity index is 2.00. The highest BCUT2D eigenvalue weighted by Crippen LogP contribution is 2.20. The first-order valence-electron chi connectivity index (χ1n) is 6.38. The lowest BCUT2D eigenvalue weighted by atomic mass is 9.97. The number of halogens is 1. The van der Waals surface area contributed by atoms with Gasteiger partial charge in [-0.05, 0) is 24.5 Å². The van der Waals surface area contributed by atoms with E-state index < -0.39 is 0 Å². The predicted octanol–water partition coefficient (Wildman–Crippen LogP) is 2.41. The Kier molecular flexibility index (Phi) is 4.77. The first kappa shape index (κ1) is 14.3. The van der Waals surface area contributed by atoms with Gasteiger partial charge in [0.15, 0.2) is 0 Å². The molecule has 102 valence electrons. The summed E-state index contributed by atoms with van der Waals surface area (Å²) in [6.45, 7) is 1.42. The van der Waals surface area contributed by atoms with Gasteiger partial charge in [-0.15, -0.1) is 0 Å². The lowest BCUT2D eigenvalue weighted by Gasteiger charge is -2.32. The van der Waals surface area contributed by atoms with Gasteiger partial charge in [-0.25, -0.2) is 0 Å². The Bertz CT molecular complexity index is 492. The van der Waals surface area contributed by atoms with E-state index in [2.05, 4.69) is 0 Å². The highest BCUT2D eigenvalue weighted by Gasteiger charge is 2.25. The van der Waals surface area contributed by atoms with Crippen molar-refractivity contribution in [1.29, 1.82) is 0 Å². The molecular formula is C14H17ClN2OS. The number of carbonyl (C=O) groups excluding carboxylic acids is 1. The quantitative estimate of drug-likeness (QED) is 0.871. The number of hydrogen-bond donors (Lipinski definition) is 1. The third-order valence-corrected chi connectivity index (χ3v) is 4.18. The van der Waals surface area contributed by atoms with Gasteiger partial charge in [0, 0.05) is 24.0 Å². The molecule has 1 unspecified atom stereocenters. The van der Waals surface area contributed by atoms with E-state index >= 15 is 0 Å². The molecule has 0 aliphatic carbocycles. The van der Waals surface area contributed by atoms with Crippen LogP contribution in [0.25, 0.3) is 0 Å². The van der Waals surface area contributed by atoms with E-state index in [0.29, 0.717) is 23.0 Å². The maximum atomic E-state index is 12.3. The van der Waals surface area contributed by atoms with Crippen molar-refractivity contribution >= 4 is 34.7 Å². The number of rotatable bonds is 3. The van der Waals surface area contributed by atoms with Crippen LogP contribution in [0.2, 0.25) is 5.02 Å². The third kappa shape index (κ3) is 3.67. The molecule has 0 saturated carbocycles. The van der Waals surface area contributed by atoms with Crippen molar-refractivity contribution < 1.29 is 4.79 Å². The lowest BCUT2D eigenvalue weighted by molar-refractivity contribution is -0.131. The van der Waals surface area contributed by atoms with Gasteiger partial charge < -0.3 is 10.6 Å². The average Bonchev–Trinajstić information content (AvgIpc) is 2.41. The molecule has 1 saturated heterocycles. The molecule has 19 heavy (non-hydrogen) atoms. The van der Waals surface area contributed by atoms with Gasteiger partial charge in [0.2, 0.25) is 5.91 Å². The summed E-state index contributed by atoms with van der Waals surface area (Å²) in [5.41, 5.74) is 6.55. The highest BCUT2D eigenvalue weighted by molar-refractivity contribution is 7.80. The summed E-state index contributed by atoms with van der Waals surface area (Å²) < 4.78 is 0. The smallest absolute Gasteiger partial charge is 0.227 e. The third-order valence-electron chi connectivity index (χ3n) is 3.48. The summed E-state index contributed by atoms with van der Waals surface area (Å²) >= 11 is 11.1. The average molecular weight is 297 g/mol. The number of likely N-dealkylation sites (tertiary alicyclic amines) is 1. The Hall–Kier alpha value is -1.13. The van der Waals surface area contributed by atoms with Crippen LogP contribution in [0.4, 0.5) is 0 Å². The molecule has 1 heterocycles. The molecular weight excluding hydrogens is 280 g/mol. The van der Waals surface area contributed by atoms with Gasteiger partial charge in [0.1, 0.15) is 0 Å². The Morgan fingerprint density at radius 1 is 1.47 bits per heavy atom. The molecule has 5 heteroatoms. The van der Waals surface area contributed by atoms with Crippen LogP contribution in [-0.4, -0.2) is 28.9 Å². The molecule has 1 fully saturated rings. The van der Waals surface area contributed by atoms with Crippen molar-refractivity contribution in [2.45, 2.75) is 19.3 Å². The van der Waals surface area contributed by atoms with Crippen LogP contribution in [0.15, 0.2) is 24.3 Å². The standard InChI is InChI=1S/C14H17ClN2OS/c15-12-6-2-1-4-10(12)8-13(18)17-7-3-5-11(9-17)14(16)19/h1-2,4,6,11H,3,5,7-9H2,(H2,16,19). The largest absolute Gasteiger partial charge is 0.393 e. The van der Waals surface area contributed by atoms with E-state index in [1.807, 2.05) is 23.1 Å². The summed E-state index contributed by atoms with van der Waals surface area (Å²) in [7, 11) is 0. The number of nitrogens with two attached hydrogens (primary N) is 1. The molecule has 1 atom stereocenters. The summed E-state index contributed by atoms with van der Waals surface area (Å²) in [6, 6.07) is 7.44. The molecule has 0 radical (unpaired) electrons. The first-order chi connectivity index (χ1) is 9.08. The van der Waals surface area contributed by atoms with Crippen molar-refractivity contribution in [2.24, 2.45) is 11.7 Å². The maximum absolute atomic E-state index is 12.3. The fourth-order valence-corrected chi connectivity index (χ4v) is 2.75. The second-order valence-electron chi connectivity index (χ2n) is 4.85. The molecule has 2 rings (SSSR count). The molecule has 1 amide bonds. The van der Waals surface area contributed by atoms with Gasteiger partial charge in [-0.3, -0.25) is 4.79 Å². The van der Waals surface area contributed by atoms with Crippen LogP contribution in [0.5, 0.6) is 0 Å². The normalized spacial score (nSPS) is 19.2. The number of benzene rings is 1. The van der Waals surface area contributed by atoms with Crippen molar-refractivity contribution in [3.8, 4) is 0 Å². The van der Waals surface area contributed by atoms with Crippen molar-refractivity contribution in [2.75, 3.05) is 13.1 Å². The molecule has 0 spiro atoms. The monoisotopic (exact) mass is 296 g/mol. The minimum atomic E-state index is 0.0917. The van der Waals surface area contributed by atoms with E-state index in [1.54, 1.807) is 6.07 Å². The molecule has 1 aromatic carbocycles.